The van der Waals surface area contributed by atoms with E-state index in [2.05, 4.69) is 29.5 Å². The molecule has 0 aromatic carbocycles. The maximum absolute atomic E-state index is 12.6. The lowest BCUT2D eigenvalue weighted by atomic mass is 10.0. The second kappa shape index (κ2) is 10.7. The number of piperazine rings is 1. The number of aliphatic imine (C=N–C) groups is 1. The van der Waals surface area contributed by atoms with Gasteiger partial charge in [-0.1, -0.05) is 25.6 Å². The first kappa shape index (κ1) is 23.0. The molecule has 0 radical (unpaired) electrons. The largest absolute Gasteiger partial charge is 0.446 e. The van der Waals surface area contributed by atoms with Crippen molar-refractivity contribution >= 4 is 17.5 Å². The van der Waals surface area contributed by atoms with Crippen LogP contribution in [0.5, 0.6) is 0 Å². The van der Waals surface area contributed by atoms with Gasteiger partial charge in [0.1, 0.15) is 17.8 Å². The molecule has 0 atom stereocenters. The van der Waals surface area contributed by atoms with Crippen LogP contribution in [0.25, 0.3) is 5.57 Å². The monoisotopic (exact) mass is 451 g/mol. The Bertz CT molecular complexity index is 957. The lowest BCUT2D eigenvalue weighted by Crippen LogP contribution is -2.51. The minimum Gasteiger partial charge on any atom is -0.446 e. The average molecular weight is 452 g/mol. The number of aryl methyl sites for hydroxylation is 1. The van der Waals surface area contributed by atoms with Gasteiger partial charge in [0.05, 0.1) is 13.2 Å². The highest BCUT2D eigenvalue weighted by molar-refractivity contribution is 5.96. The smallest absolute Gasteiger partial charge is 0.410 e. The molecule has 3 aliphatic rings. The molecule has 0 spiro atoms. The van der Waals surface area contributed by atoms with Crippen molar-refractivity contribution in [2.45, 2.75) is 32.3 Å². The average Bonchev–Trinajstić information content (AvgIpc) is 2.86. The molecule has 8 heteroatoms. The van der Waals surface area contributed by atoms with E-state index in [1.807, 2.05) is 42.6 Å². The maximum atomic E-state index is 12.6. The highest BCUT2D eigenvalue weighted by Crippen LogP contribution is 2.27. The molecule has 1 amide bonds. The lowest BCUT2D eigenvalue weighted by molar-refractivity contribution is -0.0128. The molecule has 1 aromatic rings. The van der Waals surface area contributed by atoms with Gasteiger partial charge in [-0.2, -0.15) is 0 Å². The fraction of sp³-hybridized carbons (Fsp3) is 0.480. The van der Waals surface area contributed by atoms with Crippen molar-refractivity contribution in [3.05, 3.63) is 60.3 Å². The van der Waals surface area contributed by atoms with Gasteiger partial charge in [-0.25, -0.2) is 9.79 Å². The molecule has 4 heterocycles. The van der Waals surface area contributed by atoms with Crippen molar-refractivity contribution in [3.63, 3.8) is 0 Å². The predicted molar refractivity (Wildman–Crippen MR) is 129 cm³/mol. The minimum absolute atomic E-state index is 0.0315. The molecule has 0 saturated carbocycles. The summed E-state index contributed by atoms with van der Waals surface area (Å²) in [4.78, 5) is 28.1. The molecule has 4 rings (SSSR count). The van der Waals surface area contributed by atoms with Crippen LogP contribution in [0.2, 0.25) is 0 Å². The first-order valence-electron chi connectivity index (χ1n) is 11.7. The van der Waals surface area contributed by atoms with Gasteiger partial charge in [0.2, 0.25) is 0 Å². The van der Waals surface area contributed by atoms with E-state index in [0.717, 1.165) is 47.7 Å². The number of hydrogen-bond donors (Lipinski definition) is 0. The Morgan fingerprint density at radius 3 is 2.73 bits per heavy atom. The molecule has 2 fully saturated rings. The standard InChI is InChI=1S/C25H33N5O3/c1-4-20(21-7-6-11-26-22(21)5-2)24-27-23(8-12-28(24)3)29-13-15-30(16-14-29)25(31)33-19-9-17-32-18-10-19/h4,6-8,11-12,19H,1,5,9-10,13-18H2,2-3H3/b24-20+. The number of ether oxygens (including phenoxy) is 2. The van der Waals surface area contributed by atoms with Gasteiger partial charge in [0.25, 0.3) is 0 Å². The highest BCUT2D eigenvalue weighted by atomic mass is 16.6. The molecule has 3 aliphatic heterocycles. The Kier molecular flexibility index (Phi) is 7.44. The summed E-state index contributed by atoms with van der Waals surface area (Å²) in [6, 6.07) is 4.01. The second-order valence-electron chi connectivity index (χ2n) is 8.36. The summed E-state index contributed by atoms with van der Waals surface area (Å²) in [6.45, 7) is 10.1. The molecule has 0 N–H and O–H groups in total. The number of hydrogen-bond acceptors (Lipinski definition) is 7. The van der Waals surface area contributed by atoms with E-state index in [9.17, 15) is 4.79 Å². The minimum atomic E-state index is -0.222. The zero-order valence-corrected chi connectivity index (χ0v) is 19.6. The molecule has 1 aromatic heterocycles. The number of carbonyl (C=O) groups is 1. The molecular weight excluding hydrogens is 418 g/mol. The van der Waals surface area contributed by atoms with E-state index >= 15 is 0 Å². The summed E-state index contributed by atoms with van der Waals surface area (Å²) in [7, 11) is 1.99. The lowest BCUT2D eigenvalue weighted by Gasteiger charge is -2.37. The van der Waals surface area contributed by atoms with Gasteiger partial charge in [-0.15, -0.1) is 0 Å². The van der Waals surface area contributed by atoms with Crippen LogP contribution in [-0.4, -0.2) is 84.2 Å². The van der Waals surface area contributed by atoms with Crippen molar-refractivity contribution in [1.29, 1.82) is 0 Å². The number of rotatable bonds is 4. The van der Waals surface area contributed by atoms with E-state index in [1.54, 1.807) is 4.90 Å². The fourth-order valence-corrected chi connectivity index (χ4v) is 4.32. The molecule has 33 heavy (non-hydrogen) atoms. The van der Waals surface area contributed by atoms with Crippen LogP contribution < -0.4 is 0 Å². The zero-order valence-electron chi connectivity index (χ0n) is 19.6. The van der Waals surface area contributed by atoms with E-state index in [-0.39, 0.29) is 12.2 Å². The number of aromatic nitrogens is 1. The van der Waals surface area contributed by atoms with Gasteiger partial charge in [-0.3, -0.25) is 4.98 Å². The van der Waals surface area contributed by atoms with Gasteiger partial charge in [-0.05, 0) is 18.6 Å². The predicted octanol–water partition coefficient (Wildman–Crippen LogP) is 3.29. The summed E-state index contributed by atoms with van der Waals surface area (Å²) < 4.78 is 11.0. The molecular formula is C25H33N5O3. The number of pyridine rings is 1. The van der Waals surface area contributed by atoms with Crippen LogP contribution in [0.1, 0.15) is 31.0 Å². The van der Waals surface area contributed by atoms with Gasteiger partial charge < -0.3 is 24.2 Å². The zero-order chi connectivity index (χ0) is 23.2. The topological polar surface area (TPSA) is 70.5 Å². The number of amidine groups is 1. The summed E-state index contributed by atoms with van der Waals surface area (Å²) in [5.74, 6) is 1.73. The Labute approximate surface area is 195 Å². The van der Waals surface area contributed by atoms with Crippen molar-refractivity contribution < 1.29 is 14.3 Å². The van der Waals surface area contributed by atoms with Gasteiger partial charge in [0.15, 0.2) is 0 Å². The normalized spacial score (nSPS) is 21.0. The van der Waals surface area contributed by atoms with Crippen molar-refractivity contribution in [3.8, 4) is 0 Å². The van der Waals surface area contributed by atoms with Gasteiger partial charge >= 0.3 is 6.09 Å². The van der Waals surface area contributed by atoms with Crippen LogP contribution >= 0.6 is 0 Å². The number of amides is 1. The Balaban J connectivity index is 1.46. The van der Waals surface area contributed by atoms with E-state index in [1.165, 1.54) is 0 Å². The first-order chi connectivity index (χ1) is 16.1. The molecule has 0 bridgehead atoms. The maximum Gasteiger partial charge on any atom is 0.410 e. The van der Waals surface area contributed by atoms with Crippen molar-refractivity contribution in [2.24, 2.45) is 4.99 Å². The van der Waals surface area contributed by atoms with Gasteiger partial charge in [0, 0.05) is 75.3 Å². The number of nitrogens with zero attached hydrogens (tertiary/aromatic N) is 5. The molecule has 0 unspecified atom stereocenters. The molecule has 2 saturated heterocycles. The van der Waals surface area contributed by atoms with Crippen LogP contribution in [0.4, 0.5) is 4.79 Å². The Hall–Kier alpha value is -3.13. The van der Waals surface area contributed by atoms with Crippen LogP contribution in [0, 0.1) is 0 Å². The number of carbonyl (C=O) groups excluding carboxylic acids is 1. The Morgan fingerprint density at radius 1 is 1.27 bits per heavy atom. The third-order valence-electron chi connectivity index (χ3n) is 6.26. The molecule has 176 valence electrons. The molecule has 8 nitrogen and oxygen atoms in total. The van der Waals surface area contributed by atoms with E-state index in [4.69, 9.17) is 14.5 Å². The highest BCUT2D eigenvalue weighted by Gasteiger charge is 2.27. The second-order valence-corrected chi connectivity index (χ2v) is 8.36. The third kappa shape index (κ3) is 5.27. The van der Waals surface area contributed by atoms with E-state index < -0.39 is 0 Å². The Morgan fingerprint density at radius 2 is 2.03 bits per heavy atom. The molecule has 0 aliphatic carbocycles. The summed E-state index contributed by atoms with van der Waals surface area (Å²) in [6.07, 6.45) is 9.85. The van der Waals surface area contributed by atoms with Crippen LogP contribution in [0.3, 0.4) is 0 Å². The summed E-state index contributed by atoms with van der Waals surface area (Å²) in [5, 5.41) is 0. The SMILES string of the molecule is C=C/C(=C1/N=C(N2CCN(C(=O)OC3CCOCC3)CC2)C=CN1C)c1cccnc1CC. The number of allylic oxidation sites excluding steroid dienone is 2. The summed E-state index contributed by atoms with van der Waals surface area (Å²) >= 11 is 0. The third-order valence-corrected chi connectivity index (χ3v) is 6.26. The quantitative estimate of drug-likeness (QED) is 0.700. The van der Waals surface area contributed by atoms with Crippen molar-refractivity contribution in [1.82, 2.24) is 19.7 Å². The van der Waals surface area contributed by atoms with Crippen LogP contribution in [0.15, 0.2) is 54.1 Å². The van der Waals surface area contributed by atoms with Crippen LogP contribution in [-0.2, 0) is 15.9 Å². The fourth-order valence-electron chi connectivity index (χ4n) is 4.32. The first-order valence-corrected chi connectivity index (χ1v) is 11.7. The van der Waals surface area contributed by atoms with E-state index in [0.29, 0.717) is 39.4 Å². The van der Waals surface area contributed by atoms with Crippen molar-refractivity contribution in [2.75, 3.05) is 46.4 Å². The summed E-state index contributed by atoms with van der Waals surface area (Å²) in [5.41, 5.74) is 3.04.